The number of hydrogen-bond donors (Lipinski definition) is 2. The van der Waals surface area contributed by atoms with Gasteiger partial charge in [0, 0.05) is 18.7 Å². The van der Waals surface area contributed by atoms with Crippen LogP contribution in [0.25, 0.3) is 0 Å². The summed E-state index contributed by atoms with van der Waals surface area (Å²) >= 11 is 0. The molecule has 0 bridgehead atoms. The molecular formula is C13H17N3O6S. The monoisotopic (exact) mass is 343 g/mol. The van der Waals surface area contributed by atoms with Gasteiger partial charge in [-0.1, -0.05) is 0 Å². The number of nitro groups is 1. The summed E-state index contributed by atoms with van der Waals surface area (Å²) in [6, 6.07) is 4.24. The predicted octanol–water partition coefficient (Wildman–Crippen LogP) is 0.00930. The van der Waals surface area contributed by atoms with Crippen LogP contribution in [-0.2, 0) is 19.4 Å². The van der Waals surface area contributed by atoms with Gasteiger partial charge in [0.05, 0.1) is 16.4 Å². The van der Waals surface area contributed by atoms with Gasteiger partial charge in [-0.25, -0.2) is 8.42 Å². The first-order valence-corrected chi connectivity index (χ1v) is 8.27. The summed E-state index contributed by atoms with van der Waals surface area (Å²) in [4.78, 5) is 32.8. The highest BCUT2D eigenvalue weighted by molar-refractivity contribution is 7.92. The molecular weight excluding hydrogens is 326 g/mol. The van der Waals surface area contributed by atoms with Crippen molar-refractivity contribution in [3.63, 3.8) is 0 Å². The van der Waals surface area contributed by atoms with Gasteiger partial charge in [-0.2, -0.15) is 0 Å². The van der Waals surface area contributed by atoms with Gasteiger partial charge in [-0.3, -0.25) is 19.7 Å². The molecule has 2 N–H and O–H groups in total. The first-order chi connectivity index (χ1) is 10.7. The lowest BCUT2D eigenvalue weighted by atomic mass is 10.3. The second-order valence-corrected chi connectivity index (χ2v) is 6.88. The Bertz CT molecular complexity index is 699. The van der Waals surface area contributed by atoms with E-state index in [1.165, 1.54) is 6.92 Å². The molecule has 23 heavy (non-hydrogen) atoms. The number of sulfone groups is 1. The van der Waals surface area contributed by atoms with Gasteiger partial charge in [0.1, 0.15) is 5.25 Å². The maximum Gasteiger partial charge on any atom is 0.269 e. The molecule has 0 aliphatic heterocycles. The van der Waals surface area contributed by atoms with Crippen LogP contribution in [0.2, 0.25) is 0 Å². The number of benzene rings is 1. The van der Waals surface area contributed by atoms with Gasteiger partial charge in [-0.15, -0.1) is 0 Å². The highest BCUT2D eigenvalue weighted by Crippen LogP contribution is 2.19. The summed E-state index contributed by atoms with van der Waals surface area (Å²) in [7, 11) is -4.01. The largest absolute Gasteiger partial charge is 0.355 e. The Morgan fingerprint density at radius 2 is 1.78 bits per heavy atom. The minimum atomic E-state index is -4.01. The molecule has 2 amide bonds. The fourth-order valence-electron chi connectivity index (χ4n) is 1.67. The molecule has 0 radical (unpaired) electrons. The Kier molecular flexibility index (Phi) is 6.19. The minimum Gasteiger partial charge on any atom is -0.355 e. The van der Waals surface area contributed by atoms with E-state index in [9.17, 15) is 28.1 Å². The van der Waals surface area contributed by atoms with Gasteiger partial charge < -0.3 is 10.6 Å². The smallest absolute Gasteiger partial charge is 0.269 e. The number of carbonyl (C=O) groups is 2. The van der Waals surface area contributed by atoms with E-state index in [-0.39, 0.29) is 17.1 Å². The van der Waals surface area contributed by atoms with E-state index < -0.39 is 31.8 Å². The molecule has 9 nitrogen and oxygen atoms in total. The summed E-state index contributed by atoms with van der Waals surface area (Å²) in [5.41, 5.74) is -0.253. The summed E-state index contributed by atoms with van der Waals surface area (Å²) in [6.07, 6.45) is 0. The first kappa shape index (κ1) is 18.6. The Labute approximate surface area is 133 Å². The van der Waals surface area contributed by atoms with Crippen LogP contribution in [0.15, 0.2) is 29.2 Å². The number of likely N-dealkylation sites (N-methyl/N-ethyl adjacent to an activating group) is 1. The Balaban J connectivity index is 2.83. The van der Waals surface area contributed by atoms with Crippen LogP contribution in [0.3, 0.4) is 0 Å². The third kappa shape index (κ3) is 4.74. The quantitative estimate of drug-likeness (QED) is 0.529. The Morgan fingerprint density at radius 3 is 2.26 bits per heavy atom. The molecule has 1 aromatic rings. The second kappa shape index (κ2) is 7.68. The highest BCUT2D eigenvalue weighted by atomic mass is 32.2. The maximum absolute atomic E-state index is 12.3. The van der Waals surface area contributed by atoms with Crippen molar-refractivity contribution in [3.8, 4) is 0 Å². The fraction of sp³-hybridized carbons (Fsp3) is 0.385. The van der Waals surface area contributed by atoms with Crippen LogP contribution in [0.5, 0.6) is 0 Å². The van der Waals surface area contributed by atoms with Crippen molar-refractivity contribution < 1.29 is 22.9 Å². The summed E-state index contributed by atoms with van der Waals surface area (Å²) < 4.78 is 24.6. The van der Waals surface area contributed by atoms with Crippen molar-refractivity contribution in [3.05, 3.63) is 34.4 Å². The molecule has 10 heteroatoms. The summed E-state index contributed by atoms with van der Waals surface area (Å²) in [5, 5.41) is 13.8. The first-order valence-electron chi connectivity index (χ1n) is 6.73. The lowest BCUT2D eigenvalue weighted by Crippen LogP contribution is -2.43. The van der Waals surface area contributed by atoms with Gasteiger partial charge >= 0.3 is 0 Å². The van der Waals surface area contributed by atoms with Crippen LogP contribution in [-0.4, -0.2) is 43.5 Å². The van der Waals surface area contributed by atoms with Crippen molar-refractivity contribution in [2.75, 3.05) is 13.1 Å². The number of nitrogens with zero attached hydrogens (tertiary/aromatic N) is 1. The zero-order chi connectivity index (χ0) is 17.6. The SMILES string of the molecule is CCNC(=O)CNC(=O)[C@H](C)S(=O)(=O)c1ccc([N+](=O)[O-])cc1. The third-order valence-corrected chi connectivity index (χ3v) is 5.08. The Hall–Kier alpha value is -2.49. The molecule has 0 aliphatic rings. The molecule has 0 saturated carbocycles. The lowest BCUT2D eigenvalue weighted by molar-refractivity contribution is -0.384. The topological polar surface area (TPSA) is 135 Å². The number of amides is 2. The number of nitro benzene ring substituents is 1. The molecule has 0 aliphatic carbocycles. The van der Waals surface area contributed by atoms with Gasteiger partial charge in [-0.05, 0) is 26.0 Å². The van der Waals surface area contributed by atoms with Crippen LogP contribution >= 0.6 is 0 Å². The van der Waals surface area contributed by atoms with Crippen LogP contribution in [0.4, 0.5) is 5.69 Å². The number of rotatable bonds is 7. The van der Waals surface area contributed by atoms with Gasteiger partial charge in [0.15, 0.2) is 9.84 Å². The van der Waals surface area contributed by atoms with Crippen LogP contribution in [0, 0.1) is 10.1 Å². The number of non-ortho nitro benzene ring substituents is 1. The molecule has 0 saturated heterocycles. The number of hydrogen-bond acceptors (Lipinski definition) is 6. The molecule has 1 aromatic carbocycles. The molecule has 0 fully saturated rings. The van der Waals surface area contributed by atoms with Crippen LogP contribution < -0.4 is 10.6 Å². The Morgan fingerprint density at radius 1 is 1.22 bits per heavy atom. The van der Waals surface area contributed by atoms with E-state index in [1.54, 1.807) is 6.92 Å². The van der Waals surface area contributed by atoms with E-state index in [0.717, 1.165) is 24.3 Å². The lowest BCUT2D eigenvalue weighted by Gasteiger charge is -2.13. The molecule has 0 unspecified atom stereocenters. The van der Waals surface area contributed by atoms with Gasteiger partial charge in [0.2, 0.25) is 11.8 Å². The minimum absolute atomic E-state index is 0.205. The summed E-state index contributed by atoms with van der Waals surface area (Å²) in [5.74, 6) is -1.25. The number of carbonyl (C=O) groups excluding carboxylic acids is 2. The van der Waals surface area contributed by atoms with E-state index in [0.29, 0.717) is 6.54 Å². The fourth-order valence-corrected chi connectivity index (χ4v) is 2.96. The van der Waals surface area contributed by atoms with Crippen LogP contribution in [0.1, 0.15) is 13.8 Å². The summed E-state index contributed by atoms with van der Waals surface area (Å²) in [6.45, 7) is 2.96. The molecule has 1 rings (SSSR count). The molecule has 126 valence electrons. The van der Waals surface area contributed by atoms with Gasteiger partial charge in [0.25, 0.3) is 5.69 Å². The van der Waals surface area contributed by atoms with E-state index in [2.05, 4.69) is 10.6 Å². The van der Waals surface area contributed by atoms with Crippen molar-refractivity contribution in [1.29, 1.82) is 0 Å². The molecule has 0 aromatic heterocycles. The zero-order valence-corrected chi connectivity index (χ0v) is 13.4. The standard InChI is InChI=1S/C13H17N3O6S/c1-3-14-12(17)8-15-13(18)9(2)23(21,22)11-6-4-10(5-7-11)16(19)20/h4-7,9H,3,8H2,1-2H3,(H,14,17)(H,15,18)/t9-/m0/s1. The zero-order valence-electron chi connectivity index (χ0n) is 12.6. The van der Waals surface area contributed by atoms with Crippen molar-refractivity contribution in [1.82, 2.24) is 10.6 Å². The third-order valence-electron chi connectivity index (χ3n) is 3.01. The maximum atomic E-state index is 12.3. The molecule has 0 heterocycles. The normalized spacial score (nSPS) is 12.3. The van der Waals surface area contributed by atoms with Crippen molar-refractivity contribution >= 4 is 27.3 Å². The average Bonchev–Trinajstić information content (AvgIpc) is 2.52. The van der Waals surface area contributed by atoms with E-state index >= 15 is 0 Å². The average molecular weight is 343 g/mol. The van der Waals surface area contributed by atoms with Crippen molar-refractivity contribution in [2.45, 2.75) is 24.0 Å². The second-order valence-electron chi connectivity index (χ2n) is 4.61. The number of nitrogens with one attached hydrogen (secondary N) is 2. The van der Waals surface area contributed by atoms with E-state index in [1.807, 2.05) is 0 Å². The highest BCUT2D eigenvalue weighted by Gasteiger charge is 2.30. The van der Waals surface area contributed by atoms with Crippen molar-refractivity contribution in [2.24, 2.45) is 0 Å². The molecule has 0 spiro atoms. The molecule has 1 atom stereocenters. The predicted molar refractivity (Wildman–Crippen MR) is 81.4 cm³/mol. The van der Waals surface area contributed by atoms with E-state index in [4.69, 9.17) is 0 Å².